The minimum atomic E-state index is 0.457. The van der Waals surface area contributed by atoms with Crippen molar-refractivity contribution in [3.05, 3.63) is 65.7 Å². The van der Waals surface area contributed by atoms with E-state index in [9.17, 15) is 5.21 Å². The van der Waals surface area contributed by atoms with Gasteiger partial charge in [-0.1, -0.05) is 23.4 Å². The van der Waals surface area contributed by atoms with Crippen LogP contribution in [0.2, 0.25) is 0 Å². The van der Waals surface area contributed by atoms with Crippen LogP contribution in [0, 0.1) is 0 Å². The number of aromatic nitrogens is 1. The molecule has 0 radical (unpaired) electrons. The highest BCUT2D eigenvalue weighted by Gasteiger charge is 2.24. The Bertz CT molecular complexity index is 1020. The van der Waals surface area contributed by atoms with Crippen LogP contribution < -0.4 is 5.32 Å². The molecule has 0 unspecified atom stereocenters. The summed E-state index contributed by atoms with van der Waals surface area (Å²) in [6.07, 6.45) is 7.51. The van der Waals surface area contributed by atoms with Crippen molar-refractivity contribution in [2.75, 3.05) is 13.1 Å². The highest BCUT2D eigenvalue weighted by atomic mass is 16.4. The minimum Gasteiger partial charge on any atom is -0.460 e. The van der Waals surface area contributed by atoms with Gasteiger partial charge in [0.2, 0.25) is 0 Å². The molecular weight excluding hydrogens is 350 g/mol. The fraction of sp³-hybridized carbons (Fsp3) is 0.304. The summed E-state index contributed by atoms with van der Waals surface area (Å²) in [7, 11) is 0. The van der Waals surface area contributed by atoms with Gasteiger partial charge in [-0.2, -0.15) is 0 Å². The summed E-state index contributed by atoms with van der Waals surface area (Å²) < 4.78 is 6.44. The lowest BCUT2D eigenvalue weighted by molar-refractivity contribution is 0.318. The zero-order chi connectivity index (χ0) is 18.9. The van der Waals surface area contributed by atoms with Crippen LogP contribution in [0.3, 0.4) is 0 Å². The standard InChI is InChI=1S/C23H23N3O2/c27-26-21-4-2-17-13-18(1-3-19(17)21)20-14-22(15-5-9-24-10-6-15)28-23(20)16-7-11-25-12-8-16/h1,3,7-8,11-15,24,27H,2,4-6,9-10H2/b26-21-. The first-order valence-corrected chi connectivity index (χ1v) is 9.93. The summed E-state index contributed by atoms with van der Waals surface area (Å²) in [5.74, 6) is 2.43. The predicted octanol–water partition coefficient (Wildman–Crippen LogP) is 4.60. The number of nitrogens with zero attached hydrogens (tertiary/aromatic N) is 2. The van der Waals surface area contributed by atoms with E-state index >= 15 is 0 Å². The van der Waals surface area contributed by atoms with Gasteiger partial charge in [0, 0.05) is 35.0 Å². The van der Waals surface area contributed by atoms with Crippen molar-refractivity contribution >= 4 is 5.71 Å². The van der Waals surface area contributed by atoms with Crippen LogP contribution in [0.5, 0.6) is 0 Å². The summed E-state index contributed by atoms with van der Waals surface area (Å²) in [6, 6.07) is 12.6. The smallest absolute Gasteiger partial charge is 0.142 e. The number of fused-ring (bicyclic) bond motifs is 1. The quantitative estimate of drug-likeness (QED) is 0.520. The van der Waals surface area contributed by atoms with E-state index in [4.69, 9.17) is 4.42 Å². The van der Waals surface area contributed by atoms with E-state index in [2.05, 4.69) is 39.7 Å². The van der Waals surface area contributed by atoms with Crippen LogP contribution in [0.4, 0.5) is 0 Å². The van der Waals surface area contributed by atoms with Crippen LogP contribution in [0.25, 0.3) is 22.5 Å². The Labute approximate surface area is 164 Å². The monoisotopic (exact) mass is 373 g/mol. The van der Waals surface area contributed by atoms with Crippen LogP contribution >= 0.6 is 0 Å². The summed E-state index contributed by atoms with van der Waals surface area (Å²) in [5.41, 5.74) is 6.38. The van der Waals surface area contributed by atoms with Crippen molar-refractivity contribution in [1.82, 2.24) is 10.3 Å². The maximum atomic E-state index is 9.20. The largest absolute Gasteiger partial charge is 0.460 e. The van der Waals surface area contributed by atoms with E-state index in [1.165, 1.54) is 5.56 Å². The Morgan fingerprint density at radius 3 is 2.57 bits per heavy atom. The molecule has 0 saturated carbocycles. The third-order valence-electron chi connectivity index (χ3n) is 5.91. The number of pyridine rings is 1. The molecule has 2 aliphatic rings. The van der Waals surface area contributed by atoms with E-state index in [0.717, 1.165) is 78.3 Å². The molecule has 1 aromatic carbocycles. The molecule has 28 heavy (non-hydrogen) atoms. The molecule has 0 amide bonds. The molecule has 3 heterocycles. The lowest BCUT2D eigenvalue weighted by Gasteiger charge is -2.20. The molecule has 5 nitrogen and oxygen atoms in total. The molecule has 5 heteroatoms. The fourth-order valence-electron chi connectivity index (χ4n) is 4.39. The molecule has 3 aromatic rings. The molecule has 5 rings (SSSR count). The lowest BCUT2D eigenvalue weighted by Crippen LogP contribution is -2.26. The van der Waals surface area contributed by atoms with Gasteiger partial charge in [0.05, 0.1) is 5.71 Å². The number of benzene rings is 1. The molecule has 1 fully saturated rings. The first-order chi connectivity index (χ1) is 13.8. The molecular formula is C23H23N3O2. The van der Waals surface area contributed by atoms with Gasteiger partial charge in [-0.3, -0.25) is 4.98 Å². The summed E-state index contributed by atoms with van der Waals surface area (Å²) in [6.45, 7) is 2.07. The van der Waals surface area contributed by atoms with E-state index in [1.807, 2.05) is 12.1 Å². The van der Waals surface area contributed by atoms with Gasteiger partial charge in [0.15, 0.2) is 0 Å². The number of nitrogens with one attached hydrogen (secondary N) is 1. The van der Waals surface area contributed by atoms with Gasteiger partial charge >= 0.3 is 0 Å². The molecule has 0 bridgehead atoms. The van der Waals surface area contributed by atoms with Crippen molar-refractivity contribution in [3.8, 4) is 22.5 Å². The molecule has 0 spiro atoms. The maximum absolute atomic E-state index is 9.20. The van der Waals surface area contributed by atoms with Crippen LogP contribution in [-0.2, 0) is 6.42 Å². The second-order valence-electron chi connectivity index (χ2n) is 7.57. The van der Waals surface area contributed by atoms with E-state index < -0.39 is 0 Å². The minimum absolute atomic E-state index is 0.457. The van der Waals surface area contributed by atoms with Crippen molar-refractivity contribution in [2.45, 2.75) is 31.6 Å². The number of piperidine rings is 1. The first kappa shape index (κ1) is 17.2. The topological polar surface area (TPSA) is 70.7 Å². The Balaban J connectivity index is 1.61. The Morgan fingerprint density at radius 1 is 0.964 bits per heavy atom. The van der Waals surface area contributed by atoms with Crippen LogP contribution in [0.15, 0.2) is 58.4 Å². The summed E-state index contributed by atoms with van der Waals surface area (Å²) in [5, 5.41) is 16.1. The van der Waals surface area contributed by atoms with E-state index in [-0.39, 0.29) is 0 Å². The number of hydrogen-bond acceptors (Lipinski definition) is 5. The number of oxime groups is 1. The molecule has 1 aliphatic carbocycles. The van der Waals surface area contributed by atoms with Gasteiger partial charge in [-0.25, -0.2) is 0 Å². The van der Waals surface area contributed by atoms with Crippen molar-refractivity contribution in [1.29, 1.82) is 0 Å². The lowest BCUT2D eigenvalue weighted by atomic mass is 9.93. The van der Waals surface area contributed by atoms with Crippen LogP contribution in [0.1, 0.15) is 42.1 Å². The average molecular weight is 373 g/mol. The first-order valence-electron chi connectivity index (χ1n) is 9.93. The van der Waals surface area contributed by atoms with Crippen LogP contribution in [-0.4, -0.2) is 29.0 Å². The third-order valence-corrected chi connectivity index (χ3v) is 5.91. The second kappa shape index (κ2) is 7.24. The second-order valence-corrected chi connectivity index (χ2v) is 7.57. The number of hydrogen-bond donors (Lipinski definition) is 2. The number of furan rings is 1. The molecule has 2 N–H and O–H groups in total. The SMILES string of the molecule is O/N=C1/CCc2cc(-c3cc(C4CCNCC4)oc3-c3ccncc3)ccc21. The van der Waals surface area contributed by atoms with E-state index in [0.29, 0.717) is 5.92 Å². The average Bonchev–Trinajstić information content (AvgIpc) is 3.39. The Hall–Kier alpha value is -2.92. The molecule has 1 aliphatic heterocycles. The Morgan fingerprint density at radius 2 is 1.79 bits per heavy atom. The normalized spacial score (nSPS) is 18.5. The summed E-state index contributed by atoms with van der Waals surface area (Å²) in [4.78, 5) is 4.15. The number of aryl methyl sites for hydroxylation is 1. The van der Waals surface area contributed by atoms with Crippen molar-refractivity contribution in [2.24, 2.45) is 5.16 Å². The molecule has 1 saturated heterocycles. The van der Waals surface area contributed by atoms with Gasteiger partial charge in [-0.15, -0.1) is 0 Å². The highest BCUT2D eigenvalue weighted by Crippen LogP contribution is 2.40. The predicted molar refractivity (Wildman–Crippen MR) is 109 cm³/mol. The maximum Gasteiger partial charge on any atom is 0.142 e. The molecule has 2 aromatic heterocycles. The van der Waals surface area contributed by atoms with Gasteiger partial charge in [-0.05, 0) is 68.1 Å². The van der Waals surface area contributed by atoms with Gasteiger partial charge in [0.1, 0.15) is 11.5 Å². The Kier molecular flexibility index (Phi) is 4.45. The fourth-order valence-corrected chi connectivity index (χ4v) is 4.39. The van der Waals surface area contributed by atoms with E-state index in [1.54, 1.807) is 12.4 Å². The molecule has 142 valence electrons. The van der Waals surface area contributed by atoms with Gasteiger partial charge in [0.25, 0.3) is 0 Å². The third kappa shape index (κ3) is 3.02. The summed E-state index contributed by atoms with van der Waals surface area (Å²) >= 11 is 0. The van der Waals surface area contributed by atoms with Crippen molar-refractivity contribution < 1.29 is 9.62 Å². The van der Waals surface area contributed by atoms with Gasteiger partial charge < -0.3 is 14.9 Å². The zero-order valence-corrected chi connectivity index (χ0v) is 15.7. The van der Waals surface area contributed by atoms with Crippen molar-refractivity contribution in [3.63, 3.8) is 0 Å². The zero-order valence-electron chi connectivity index (χ0n) is 15.7. The number of rotatable bonds is 3. The molecule has 0 atom stereocenters. The highest BCUT2D eigenvalue weighted by molar-refractivity contribution is 6.04.